The van der Waals surface area contributed by atoms with Crippen molar-refractivity contribution in [1.82, 2.24) is 15.2 Å². The molecule has 31 heavy (non-hydrogen) atoms. The lowest BCUT2D eigenvalue weighted by Gasteiger charge is -2.34. The molecule has 0 radical (unpaired) electrons. The van der Waals surface area contributed by atoms with Crippen LogP contribution in [0.25, 0.3) is 0 Å². The maximum Gasteiger partial charge on any atom is 0.253 e. The Morgan fingerprint density at radius 2 is 2.16 bits per heavy atom. The number of aromatic nitrogens is 1. The van der Waals surface area contributed by atoms with Crippen molar-refractivity contribution in [3.8, 4) is 0 Å². The number of carbonyl (C=O) groups is 3. The summed E-state index contributed by atoms with van der Waals surface area (Å²) in [5.74, 6) is -0.252. The average Bonchev–Trinajstić information content (AvgIpc) is 3.29. The Bertz CT molecular complexity index is 910. The first-order chi connectivity index (χ1) is 15.0. The van der Waals surface area contributed by atoms with Crippen LogP contribution in [0.15, 0.2) is 35.8 Å². The minimum atomic E-state index is -0.669. The highest BCUT2D eigenvalue weighted by Crippen LogP contribution is 2.21. The Labute approximate surface area is 194 Å². The van der Waals surface area contributed by atoms with Crippen molar-refractivity contribution < 1.29 is 14.4 Å². The van der Waals surface area contributed by atoms with Gasteiger partial charge in [0.2, 0.25) is 11.8 Å². The van der Waals surface area contributed by atoms with Crippen molar-refractivity contribution in [2.45, 2.75) is 25.3 Å². The number of anilines is 1. The third-order valence-corrected chi connectivity index (χ3v) is 6.76. The lowest BCUT2D eigenvalue weighted by atomic mass is 9.96. The molecule has 2 N–H and O–H groups in total. The van der Waals surface area contributed by atoms with Gasteiger partial charge in [-0.1, -0.05) is 23.7 Å². The fourth-order valence-electron chi connectivity index (χ4n) is 3.48. The molecule has 1 aromatic heterocycles. The number of piperidine rings is 1. The maximum atomic E-state index is 13.3. The second-order valence-electron chi connectivity index (χ2n) is 7.24. The largest absolute Gasteiger partial charge is 0.340 e. The van der Waals surface area contributed by atoms with E-state index in [0.29, 0.717) is 41.6 Å². The number of rotatable bonds is 8. The molecule has 10 heteroatoms. The maximum absolute atomic E-state index is 13.3. The predicted molar refractivity (Wildman–Crippen MR) is 126 cm³/mol. The number of nitrogens with one attached hydrogen (secondary N) is 2. The molecule has 1 aliphatic heterocycles. The second-order valence-corrected chi connectivity index (χ2v) is 9.52. The van der Waals surface area contributed by atoms with E-state index < -0.39 is 6.04 Å². The summed E-state index contributed by atoms with van der Waals surface area (Å²) < 4.78 is 0. The van der Waals surface area contributed by atoms with Gasteiger partial charge in [0.25, 0.3) is 5.91 Å². The molecule has 1 saturated heterocycles. The van der Waals surface area contributed by atoms with Crippen molar-refractivity contribution in [3.63, 3.8) is 0 Å². The fraction of sp³-hybridized carbons (Fsp3) is 0.429. The van der Waals surface area contributed by atoms with Crippen LogP contribution in [-0.4, -0.2) is 58.7 Å². The third kappa shape index (κ3) is 6.44. The topological polar surface area (TPSA) is 91.4 Å². The van der Waals surface area contributed by atoms with Gasteiger partial charge in [-0.15, -0.1) is 11.3 Å². The SMILES string of the molecule is CSCCC(NC(=O)c1ccccc1Cl)C(=O)N1CCCC(C(=O)Nc2nccs2)C1. The molecule has 2 aromatic rings. The molecule has 1 fully saturated rings. The van der Waals surface area contributed by atoms with Crippen LogP contribution < -0.4 is 10.6 Å². The average molecular weight is 481 g/mol. The van der Waals surface area contributed by atoms with E-state index in [4.69, 9.17) is 11.6 Å². The molecule has 3 amide bonds. The summed E-state index contributed by atoms with van der Waals surface area (Å²) in [5, 5.41) is 8.36. The molecular formula is C21H25ClN4O3S2. The summed E-state index contributed by atoms with van der Waals surface area (Å²) in [7, 11) is 0. The van der Waals surface area contributed by atoms with Crippen LogP contribution in [0.5, 0.6) is 0 Å². The van der Waals surface area contributed by atoms with Gasteiger partial charge in [0, 0.05) is 24.7 Å². The molecule has 7 nitrogen and oxygen atoms in total. The zero-order valence-electron chi connectivity index (χ0n) is 17.2. The Morgan fingerprint density at radius 3 is 2.87 bits per heavy atom. The van der Waals surface area contributed by atoms with Crippen LogP contribution >= 0.6 is 34.7 Å². The first kappa shape index (κ1) is 23.6. The number of halogens is 1. The van der Waals surface area contributed by atoms with Crippen LogP contribution in [-0.2, 0) is 9.59 Å². The van der Waals surface area contributed by atoms with E-state index in [2.05, 4.69) is 15.6 Å². The lowest BCUT2D eigenvalue weighted by molar-refractivity contribution is -0.136. The Morgan fingerprint density at radius 1 is 1.35 bits per heavy atom. The highest BCUT2D eigenvalue weighted by Gasteiger charge is 2.33. The number of thioether (sulfide) groups is 1. The van der Waals surface area contributed by atoms with E-state index in [1.54, 1.807) is 52.5 Å². The van der Waals surface area contributed by atoms with Crippen molar-refractivity contribution in [2.75, 3.05) is 30.4 Å². The van der Waals surface area contributed by atoms with Crippen LogP contribution in [0, 0.1) is 5.92 Å². The molecule has 3 rings (SSSR count). The van der Waals surface area contributed by atoms with Crippen molar-refractivity contribution >= 4 is 57.6 Å². The molecule has 2 atom stereocenters. The fourth-order valence-corrected chi connectivity index (χ4v) is 4.70. The van der Waals surface area contributed by atoms with Crippen molar-refractivity contribution in [3.05, 3.63) is 46.4 Å². The van der Waals surface area contributed by atoms with E-state index in [0.717, 1.165) is 12.2 Å². The second kappa shape index (κ2) is 11.5. The number of nitrogens with zero attached hydrogens (tertiary/aromatic N) is 2. The van der Waals surface area contributed by atoms with E-state index in [1.807, 2.05) is 6.26 Å². The Balaban J connectivity index is 1.66. The van der Waals surface area contributed by atoms with E-state index in [-0.39, 0.29) is 23.6 Å². The van der Waals surface area contributed by atoms with Gasteiger partial charge in [0.15, 0.2) is 5.13 Å². The summed E-state index contributed by atoms with van der Waals surface area (Å²) in [4.78, 5) is 44.4. The molecule has 0 aliphatic carbocycles. The zero-order chi connectivity index (χ0) is 22.2. The van der Waals surface area contributed by atoms with Gasteiger partial charge in [0.05, 0.1) is 16.5 Å². The molecule has 2 heterocycles. The minimum absolute atomic E-state index is 0.131. The lowest BCUT2D eigenvalue weighted by Crippen LogP contribution is -2.52. The van der Waals surface area contributed by atoms with Gasteiger partial charge in [-0.2, -0.15) is 11.8 Å². The smallest absolute Gasteiger partial charge is 0.253 e. The standard InChI is InChI=1S/C21H25ClN4O3S2/c1-30-11-8-17(24-19(28)15-6-2-3-7-16(15)22)20(29)26-10-4-5-14(13-26)18(27)25-21-23-9-12-31-21/h2-3,6-7,9,12,14,17H,4-5,8,10-11,13H2,1H3,(H,24,28)(H,23,25,27). The summed E-state index contributed by atoms with van der Waals surface area (Å²) >= 11 is 9.11. The quantitative estimate of drug-likeness (QED) is 0.603. The van der Waals surface area contributed by atoms with Gasteiger partial charge in [-0.3, -0.25) is 14.4 Å². The molecule has 166 valence electrons. The first-order valence-electron chi connectivity index (χ1n) is 10.0. The highest BCUT2D eigenvalue weighted by atomic mass is 35.5. The summed E-state index contributed by atoms with van der Waals surface area (Å²) in [6, 6.07) is 6.09. The van der Waals surface area contributed by atoms with Gasteiger partial charge < -0.3 is 15.5 Å². The Kier molecular flexibility index (Phi) is 8.74. The van der Waals surface area contributed by atoms with E-state index >= 15 is 0 Å². The number of amides is 3. The van der Waals surface area contributed by atoms with Crippen molar-refractivity contribution in [2.24, 2.45) is 5.92 Å². The molecular weight excluding hydrogens is 456 g/mol. The normalized spacial score (nSPS) is 17.1. The summed E-state index contributed by atoms with van der Waals surface area (Å²) in [6.45, 7) is 0.894. The number of hydrogen-bond donors (Lipinski definition) is 2. The number of carbonyl (C=O) groups excluding carboxylic acids is 3. The molecule has 2 unspecified atom stereocenters. The van der Waals surface area contributed by atoms with E-state index in [9.17, 15) is 14.4 Å². The van der Waals surface area contributed by atoms with Gasteiger partial charge in [-0.25, -0.2) is 4.98 Å². The van der Waals surface area contributed by atoms with Gasteiger partial charge >= 0.3 is 0 Å². The third-order valence-electron chi connectivity index (χ3n) is 5.10. The molecule has 0 saturated carbocycles. The van der Waals surface area contributed by atoms with Gasteiger partial charge in [-0.05, 0) is 43.4 Å². The van der Waals surface area contributed by atoms with Crippen LogP contribution in [0.3, 0.4) is 0 Å². The number of hydrogen-bond acceptors (Lipinski definition) is 6. The van der Waals surface area contributed by atoms with Crippen LogP contribution in [0.2, 0.25) is 5.02 Å². The molecule has 1 aliphatic rings. The summed E-state index contributed by atoms with van der Waals surface area (Å²) in [5.41, 5.74) is 0.338. The van der Waals surface area contributed by atoms with Crippen LogP contribution in [0.1, 0.15) is 29.6 Å². The predicted octanol–water partition coefficient (Wildman–Crippen LogP) is 3.53. The zero-order valence-corrected chi connectivity index (χ0v) is 19.6. The minimum Gasteiger partial charge on any atom is -0.340 e. The number of thiazole rings is 1. The molecule has 0 bridgehead atoms. The van der Waals surface area contributed by atoms with Gasteiger partial charge in [0.1, 0.15) is 6.04 Å². The molecule has 0 spiro atoms. The van der Waals surface area contributed by atoms with Crippen LogP contribution in [0.4, 0.5) is 5.13 Å². The number of benzene rings is 1. The van der Waals surface area contributed by atoms with Crippen molar-refractivity contribution in [1.29, 1.82) is 0 Å². The Hall–Kier alpha value is -2.10. The first-order valence-corrected chi connectivity index (χ1v) is 12.7. The summed E-state index contributed by atoms with van der Waals surface area (Å²) in [6.07, 6.45) is 5.53. The molecule has 1 aromatic carbocycles. The number of likely N-dealkylation sites (tertiary alicyclic amines) is 1. The monoisotopic (exact) mass is 480 g/mol. The van der Waals surface area contributed by atoms with E-state index in [1.165, 1.54) is 11.3 Å². The highest BCUT2D eigenvalue weighted by molar-refractivity contribution is 7.98.